The molecule has 0 heterocycles. The maximum Gasteiger partial charge on any atom is 0.313 e. The van der Waals surface area contributed by atoms with Crippen LogP contribution in [-0.4, -0.2) is 29.1 Å². The molecule has 0 saturated heterocycles. The van der Waals surface area contributed by atoms with Crippen molar-refractivity contribution in [1.29, 1.82) is 0 Å². The van der Waals surface area contributed by atoms with E-state index in [1.807, 2.05) is 0 Å². The Bertz CT molecular complexity index is 553. The number of aliphatic hydroxyl groups is 1. The summed E-state index contributed by atoms with van der Waals surface area (Å²) in [6.07, 6.45) is 2.35. The highest BCUT2D eigenvalue weighted by Crippen LogP contribution is 2.20. The first-order valence-electron chi connectivity index (χ1n) is 6.72. The number of aliphatic hydroxyl groups excluding tert-OH is 1. The Morgan fingerprint density at radius 3 is 2.62 bits per heavy atom. The molecule has 1 saturated carbocycles. The van der Waals surface area contributed by atoms with E-state index in [1.54, 1.807) is 0 Å². The van der Waals surface area contributed by atoms with Gasteiger partial charge in [0.2, 0.25) is 0 Å². The Kier molecular flexibility index (Phi) is 5.14. The molecule has 1 fully saturated rings. The van der Waals surface area contributed by atoms with E-state index in [0.29, 0.717) is 12.8 Å². The van der Waals surface area contributed by atoms with E-state index in [-0.39, 0.29) is 10.7 Å². The Hall–Kier alpha value is -1.66. The maximum absolute atomic E-state index is 13.5. The third-order valence-electron chi connectivity index (χ3n) is 3.43. The number of anilines is 1. The number of benzene rings is 1. The molecule has 2 rings (SSSR count). The van der Waals surface area contributed by atoms with Crippen molar-refractivity contribution in [2.45, 2.75) is 37.8 Å². The molecule has 1 aliphatic carbocycles. The smallest absolute Gasteiger partial charge is 0.313 e. The molecule has 2 atom stereocenters. The van der Waals surface area contributed by atoms with Crippen molar-refractivity contribution < 1.29 is 19.1 Å². The number of halogens is 2. The summed E-state index contributed by atoms with van der Waals surface area (Å²) in [6.45, 7) is 0. The van der Waals surface area contributed by atoms with E-state index in [4.69, 9.17) is 11.6 Å². The average molecular weight is 315 g/mol. The predicted molar refractivity (Wildman–Crippen MR) is 76.4 cm³/mol. The van der Waals surface area contributed by atoms with Crippen LogP contribution in [-0.2, 0) is 9.59 Å². The minimum Gasteiger partial charge on any atom is -0.391 e. The quantitative estimate of drug-likeness (QED) is 0.729. The molecule has 7 heteroatoms. The lowest BCUT2D eigenvalue weighted by Gasteiger charge is -2.27. The fourth-order valence-electron chi connectivity index (χ4n) is 2.28. The molecule has 1 aliphatic rings. The van der Waals surface area contributed by atoms with Gasteiger partial charge in [0.15, 0.2) is 0 Å². The van der Waals surface area contributed by atoms with Crippen LogP contribution in [0.15, 0.2) is 18.2 Å². The van der Waals surface area contributed by atoms with Gasteiger partial charge in [-0.1, -0.05) is 24.4 Å². The number of hydrogen-bond acceptors (Lipinski definition) is 3. The largest absolute Gasteiger partial charge is 0.391 e. The summed E-state index contributed by atoms with van der Waals surface area (Å²) >= 11 is 5.60. The summed E-state index contributed by atoms with van der Waals surface area (Å²) < 4.78 is 13.5. The van der Waals surface area contributed by atoms with Crippen molar-refractivity contribution in [2.75, 3.05) is 5.32 Å². The zero-order chi connectivity index (χ0) is 15.4. The molecule has 114 valence electrons. The van der Waals surface area contributed by atoms with E-state index in [2.05, 4.69) is 10.6 Å². The van der Waals surface area contributed by atoms with Crippen molar-refractivity contribution in [1.82, 2.24) is 5.32 Å². The van der Waals surface area contributed by atoms with Crippen molar-refractivity contribution in [3.8, 4) is 0 Å². The van der Waals surface area contributed by atoms with Gasteiger partial charge in [-0.05, 0) is 31.0 Å². The molecule has 0 bridgehead atoms. The van der Waals surface area contributed by atoms with Crippen LogP contribution in [0.4, 0.5) is 10.1 Å². The summed E-state index contributed by atoms with van der Waals surface area (Å²) in [5, 5.41) is 14.6. The van der Waals surface area contributed by atoms with Gasteiger partial charge >= 0.3 is 11.8 Å². The summed E-state index contributed by atoms with van der Waals surface area (Å²) in [4.78, 5) is 23.5. The second kappa shape index (κ2) is 6.87. The topological polar surface area (TPSA) is 78.4 Å². The van der Waals surface area contributed by atoms with Gasteiger partial charge in [0.05, 0.1) is 17.8 Å². The molecule has 1 aromatic rings. The zero-order valence-corrected chi connectivity index (χ0v) is 12.0. The van der Waals surface area contributed by atoms with Crippen LogP contribution >= 0.6 is 11.6 Å². The van der Waals surface area contributed by atoms with Gasteiger partial charge in [0.1, 0.15) is 5.82 Å². The SMILES string of the molecule is O=C(Nc1ccc(Cl)cc1F)C(=O)NC1CCCCC1O. The number of carbonyl (C=O) groups excluding carboxylic acids is 2. The number of amides is 2. The lowest BCUT2D eigenvalue weighted by atomic mass is 9.92. The summed E-state index contributed by atoms with van der Waals surface area (Å²) in [5.41, 5.74) is -0.122. The van der Waals surface area contributed by atoms with Crippen molar-refractivity contribution in [3.63, 3.8) is 0 Å². The van der Waals surface area contributed by atoms with Crippen molar-refractivity contribution >= 4 is 29.1 Å². The first-order chi connectivity index (χ1) is 9.97. The molecule has 2 unspecified atom stereocenters. The molecule has 0 aromatic heterocycles. The van der Waals surface area contributed by atoms with Crippen LogP contribution in [0.2, 0.25) is 5.02 Å². The number of nitrogens with one attached hydrogen (secondary N) is 2. The van der Waals surface area contributed by atoms with Gasteiger partial charge in [-0.3, -0.25) is 9.59 Å². The Morgan fingerprint density at radius 1 is 1.24 bits per heavy atom. The second-order valence-corrected chi connectivity index (χ2v) is 5.45. The van der Waals surface area contributed by atoms with Gasteiger partial charge in [-0.2, -0.15) is 0 Å². The van der Waals surface area contributed by atoms with E-state index in [1.165, 1.54) is 12.1 Å². The minimum atomic E-state index is -0.978. The summed E-state index contributed by atoms with van der Waals surface area (Å²) in [5.74, 6) is -2.59. The highest BCUT2D eigenvalue weighted by Gasteiger charge is 2.27. The summed E-state index contributed by atoms with van der Waals surface area (Å²) in [7, 11) is 0. The maximum atomic E-state index is 13.5. The first kappa shape index (κ1) is 15.7. The second-order valence-electron chi connectivity index (χ2n) is 5.01. The molecular formula is C14H16ClFN2O3. The van der Waals surface area contributed by atoms with E-state index in [0.717, 1.165) is 18.9 Å². The lowest BCUT2D eigenvalue weighted by molar-refractivity contribution is -0.137. The Balaban J connectivity index is 1.94. The fourth-order valence-corrected chi connectivity index (χ4v) is 2.44. The Morgan fingerprint density at radius 2 is 1.95 bits per heavy atom. The molecule has 0 radical (unpaired) electrons. The molecule has 1 aromatic carbocycles. The summed E-state index contributed by atoms with van der Waals surface area (Å²) in [6, 6.07) is 3.29. The van der Waals surface area contributed by atoms with Crippen LogP contribution in [0.25, 0.3) is 0 Å². The minimum absolute atomic E-state index is 0.122. The number of rotatable bonds is 2. The van der Waals surface area contributed by atoms with Gasteiger partial charge in [-0.15, -0.1) is 0 Å². The predicted octanol–water partition coefficient (Wildman–Crippen LogP) is 1.84. The number of carbonyl (C=O) groups is 2. The van der Waals surface area contributed by atoms with E-state index >= 15 is 0 Å². The zero-order valence-electron chi connectivity index (χ0n) is 11.2. The van der Waals surface area contributed by atoms with Crippen LogP contribution in [0.5, 0.6) is 0 Å². The third-order valence-corrected chi connectivity index (χ3v) is 3.67. The fraction of sp³-hybridized carbons (Fsp3) is 0.429. The molecule has 21 heavy (non-hydrogen) atoms. The Labute approximate surface area is 126 Å². The van der Waals surface area contributed by atoms with Crippen LogP contribution in [0, 0.1) is 5.82 Å². The molecule has 2 amide bonds. The standard InChI is InChI=1S/C14H16ClFN2O3/c15-8-5-6-10(9(16)7-8)17-13(20)14(21)18-11-3-1-2-4-12(11)19/h5-7,11-12,19H,1-4H2,(H,17,20)(H,18,21). The van der Waals surface area contributed by atoms with Gasteiger partial charge < -0.3 is 15.7 Å². The normalized spacial score (nSPS) is 21.7. The monoisotopic (exact) mass is 314 g/mol. The molecule has 0 aliphatic heterocycles. The van der Waals surface area contributed by atoms with Crippen molar-refractivity contribution in [2.24, 2.45) is 0 Å². The number of hydrogen-bond donors (Lipinski definition) is 3. The highest BCUT2D eigenvalue weighted by molar-refractivity contribution is 6.39. The van der Waals surface area contributed by atoms with Crippen molar-refractivity contribution in [3.05, 3.63) is 29.0 Å². The van der Waals surface area contributed by atoms with Crippen LogP contribution in [0.3, 0.4) is 0 Å². The third kappa shape index (κ3) is 4.15. The first-order valence-corrected chi connectivity index (χ1v) is 7.10. The van der Waals surface area contributed by atoms with E-state index in [9.17, 15) is 19.1 Å². The average Bonchev–Trinajstić information content (AvgIpc) is 2.44. The van der Waals surface area contributed by atoms with Gasteiger partial charge in [0, 0.05) is 5.02 Å². The van der Waals surface area contributed by atoms with E-state index < -0.39 is 29.8 Å². The lowest BCUT2D eigenvalue weighted by Crippen LogP contribution is -2.48. The molecule has 3 N–H and O–H groups in total. The van der Waals surface area contributed by atoms with Crippen LogP contribution in [0.1, 0.15) is 25.7 Å². The molecule has 0 spiro atoms. The van der Waals surface area contributed by atoms with Crippen LogP contribution < -0.4 is 10.6 Å². The highest BCUT2D eigenvalue weighted by atomic mass is 35.5. The molecular weight excluding hydrogens is 299 g/mol. The van der Waals surface area contributed by atoms with Gasteiger partial charge in [0.25, 0.3) is 0 Å². The molecule has 5 nitrogen and oxygen atoms in total. The van der Waals surface area contributed by atoms with Gasteiger partial charge in [-0.25, -0.2) is 4.39 Å².